The van der Waals surface area contributed by atoms with Crippen LogP contribution in [0.5, 0.6) is 0 Å². The SMILES string of the molecule is CC(C)(C)c1cc(N(C(=O)[C@H]2CC[C@H](C)CC2)[C@H]2CC[C@H](Sc3cccs3)CC2)c(C(=O)O)s1. The lowest BCUT2D eigenvalue weighted by Gasteiger charge is -2.39. The van der Waals surface area contributed by atoms with Gasteiger partial charge in [-0.25, -0.2) is 4.79 Å². The molecule has 0 aliphatic heterocycles. The minimum Gasteiger partial charge on any atom is -0.477 e. The van der Waals surface area contributed by atoms with Crippen LogP contribution in [-0.2, 0) is 10.2 Å². The van der Waals surface area contributed by atoms with Crippen molar-refractivity contribution in [3.63, 3.8) is 0 Å². The van der Waals surface area contributed by atoms with E-state index in [4.69, 9.17) is 0 Å². The van der Waals surface area contributed by atoms with E-state index in [0.717, 1.165) is 56.2 Å². The molecule has 1 N–H and O–H groups in total. The second-order valence-electron chi connectivity index (χ2n) is 11.0. The van der Waals surface area contributed by atoms with Crippen LogP contribution < -0.4 is 4.90 Å². The van der Waals surface area contributed by atoms with E-state index in [1.165, 1.54) is 15.5 Å². The van der Waals surface area contributed by atoms with E-state index in [9.17, 15) is 14.7 Å². The number of hydrogen-bond donors (Lipinski definition) is 1. The Bertz CT molecular complexity index is 975. The third kappa shape index (κ3) is 5.90. The van der Waals surface area contributed by atoms with E-state index in [0.29, 0.717) is 21.7 Å². The average molecular weight is 520 g/mol. The van der Waals surface area contributed by atoms with Gasteiger partial charge in [0.25, 0.3) is 0 Å². The van der Waals surface area contributed by atoms with Crippen molar-refractivity contribution in [1.29, 1.82) is 0 Å². The van der Waals surface area contributed by atoms with Crippen molar-refractivity contribution >= 4 is 52.0 Å². The largest absolute Gasteiger partial charge is 0.477 e. The summed E-state index contributed by atoms with van der Waals surface area (Å²) < 4.78 is 1.36. The molecule has 0 aromatic carbocycles. The number of thioether (sulfide) groups is 1. The summed E-state index contributed by atoms with van der Waals surface area (Å²) in [6, 6.07) is 6.36. The lowest BCUT2D eigenvalue weighted by Crippen LogP contribution is -2.46. The van der Waals surface area contributed by atoms with Gasteiger partial charge in [0.1, 0.15) is 4.88 Å². The van der Waals surface area contributed by atoms with E-state index in [-0.39, 0.29) is 23.3 Å². The van der Waals surface area contributed by atoms with Crippen molar-refractivity contribution < 1.29 is 14.7 Å². The molecule has 34 heavy (non-hydrogen) atoms. The molecule has 0 unspecified atom stereocenters. The molecule has 2 aromatic heterocycles. The van der Waals surface area contributed by atoms with Gasteiger partial charge in [-0.15, -0.1) is 34.4 Å². The van der Waals surface area contributed by atoms with Crippen LogP contribution in [0.1, 0.15) is 93.6 Å². The molecule has 2 saturated carbocycles. The first-order valence-corrected chi connectivity index (χ1v) is 15.1. The Morgan fingerprint density at radius 1 is 1.06 bits per heavy atom. The molecule has 2 aromatic rings. The molecule has 2 aliphatic rings. The highest BCUT2D eigenvalue weighted by Crippen LogP contribution is 2.43. The van der Waals surface area contributed by atoms with Crippen LogP contribution in [0.15, 0.2) is 27.8 Å². The maximum atomic E-state index is 14.0. The standard InChI is InChI=1S/C27H37NO3S3/c1-17-7-9-18(10-8-17)25(29)28(21-16-22(27(2,3)4)34-24(21)26(30)31)19-11-13-20(14-12-19)33-23-6-5-15-32-23/h5-6,15-20H,7-14H2,1-4H3,(H,30,31)/t17-,18-,19-,20-. The number of carboxylic acids is 1. The van der Waals surface area contributed by atoms with Crippen LogP contribution >= 0.6 is 34.4 Å². The zero-order valence-corrected chi connectivity index (χ0v) is 23.2. The number of amides is 1. The van der Waals surface area contributed by atoms with Gasteiger partial charge in [-0.2, -0.15) is 0 Å². The van der Waals surface area contributed by atoms with Crippen LogP contribution in [0, 0.1) is 11.8 Å². The summed E-state index contributed by atoms with van der Waals surface area (Å²) in [7, 11) is 0. The van der Waals surface area contributed by atoms with Gasteiger partial charge in [0, 0.05) is 22.1 Å². The zero-order chi connectivity index (χ0) is 24.5. The van der Waals surface area contributed by atoms with Crippen LogP contribution in [-0.4, -0.2) is 28.3 Å². The van der Waals surface area contributed by atoms with Crippen molar-refractivity contribution in [2.45, 2.75) is 100.0 Å². The van der Waals surface area contributed by atoms with Gasteiger partial charge in [-0.3, -0.25) is 4.79 Å². The lowest BCUT2D eigenvalue weighted by atomic mass is 9.81. The number of carbonyl (C=O) groups excluding carboxylic acids is 1. The predicted octanol–water partition coefficient (Wildman–Crippen LogP) is 8.07. The molecule has 2 aliphatic carbocycles. The van der Waals surface area contributed by atoms with Gasteiger partial charge in [-0.1, -0.05) is 33.8 Å². The van der Waals surface area contributed by atoms with Crippen molar-refractivity contribution in [1.82, 2.24) is 0 Å². The molecule has 2 fully saturated rings. The van der Waals surface area contributed by atoms with Crippen LogP contribution in [0.25, 0.3) is 0 Å². The summed E-state index contributed by atoms with van der Waals surface area (Å²) in [4.78, 5) is 29.6. The molecular formula is C27H37NO3S3. The fourth-order valence-electron chi connectivity index (χ4n) is 5.20. The van der Waals surface area contributed by atoms with Crippen LogP contribution in [0.4, 0.5) is 5.69 Å². The van der Waals surface area contributed by atoms with Crippen LogP contribution in [0.2, 0.25) is 0 Å². The number of thiophene rings is 2. The zero-order valence-electron chi connectivity index (χ0n) is 20.7. The first-order valence-electron chi connectivity index (χ1n) is 12.5. The summed E-state index contributed by atoms with van der Waals surface area (Å²) >= 11 is 5.08. The minimum atomic E-state index is -0.924. The molecule has 1 amide bonds. The number of hydrogen-bond acceptors (Lipinski definition) is 5. The number of carboxylic acid groups (broad SMARTS) is 1. The topological polar surface area (TPSA) is 57.6 Å². The van der Waals surface area contributed by atoms with E-state index >= 15 is 0 Å². The quantitative estimate of drug-likeness (QED) is 0.419. The monoisotopic (exact) mass is 519 g/mol. The first-order chi connectivity index (χ1) is 16.1. The summed E-state index contributed by atoms with van der Waals surface area (Å²) in [6.07, 6.45) is 7.95. The van der Waals surface area contributed by atoms with Crippen molar-refractivity contribution in [2.24, 2.45) is 11.8 Å². The first kappa shape index (κ1) is 25.8. The number of rotatable bonds is 6. The fourth-order valence-corrected chi connectivity index (χ4v) is 8.48. The molecule has 0 spiro atoms. The molecule has 4 nitrogen and oxygen atoms in total. The van der Waals surface area contributed by atoms with Gasteiger partial charge in [0.2, 0.25) is 5.91 Å². The van der Waals surface area contributed by atoms with Crippen molar-refractivity contribution in [3.05, 3.63) is 33.3 Å². The van der Waals surface area contributed by atoms with Crippen molar-refractivity contribution in [3.8, 4) is 0 Å². The maximum absolute atomic E-state index is 14.0. The van der Waals surface area contributed by atoms with Crippen LogP contribution in [0.3, 0.4) is 0 Å². The molecule has 2 heterocycles. The van der Waals surface area contributed by atoms with Gasteiger partial charge in [-0.05, 0) is 80.2 Å². The number of carbonyl (C=O) groups is 2. The number of nitrogens with zero attached hydrogens (tertiary/aromatic N) is 1. The van der Waals surface area contributed by atoms with Crippen molar-refractivity contribution in [2.75, 3.05) is 4.90 Å². The Morgan fingerprint density at radius 2 is 1.74 bits per heavy atom. The second-order valence-corrected chi connectivity index (χ2v) is 14.6. The molecule has 7 heteroatoms. The second kappa shape index (κ2) is 10.8. The van der Waals surface area contributed by atoms with E-state index in [1.54, 1.807) is 11.3 Å². The average Bonchev–Trinajstić information content (AvgIpc) is 3.46. The number of anilines is 1. The normalized spacial score (nSPS) is 25.8. The molecule has 186 valence electrons. The highest BCUT2D eigenvalue weighted by molar-refractivity contribution is 8.01. The Labute approximate surface area is 216 Å². The third-order valence-corrected chi connectivity index (χ3v) is 11.2. The number of aromatic carboxylic acids is 1. The molecule has 0 bridgehead atoms. The third-order valence-electron chi connectivity index (χ3n) is 7.29. The lowest BCUT2D eigenvalue weighted by molar-refractivity contribution is -0.124. The Hall–Kier alpha value is -1.31. The summed E-state index contributed by atoms with van der Waals surface area (Å²) in [5.74, 6) is -0.0889. The molecule has 4 rings (SSSR count). The molecular weight excluding hydrogens is 483 g/mol. The summed E-state index contributed by atoms with van der Waals surface area (Å²) in [5.41, 5.74) is 0.484. The summed E-state index contributed by atoms with van der Waals surface area (Å²) in [6.45, 7) is 8.59. The smallest absolute Gasteiger partial charge is 0.348 e. The fraction of sp³-hybridized carbons (Fsp3) is 0.630. The highest BCUT2D eigenvalue weighted by Gasteiger charge is 2.38. The Morgan fingerprint density at radius 3 is 2.29 bits per heavy atom. The van der Waals surface area contributed by atoms with Gasteiger partial charge in [0.15, 0.2) is 0 Å². The molecule has 0 saturated heterocycles. The van der Waals surface area contributed by atoms with E-state index in [2.05, 4.69) is 45.2 Å². The van der Waals surface area contributed by atoms with Gasteiger partial charge in [0.05, 0.1) is 9.90 Å². The molecule has 0 radical (unpaired) electrons. The molecule has 0 atom stereocenters. The van der Waals surface area contributed by atoms with Gasteiger partial charge >= 0.3 is 5.97 Å². The summed E-state index contributed by atoms with van der Waals surface area (Å²) in [5, 5.41) is 12.8. The highest BCUT2D eigenvalue weighted by atomic mass is 32.2. The maximum Gasteiger partial charge on any atom is 0.348 e. The Kier molecular flexibility index (Phi) is 8.15. The van der Waals surface area contributed by atoms with Gasteiger partial charge < -0.3 is 10.0 Å². The predicted molar refractivity (Wildman–Crippen MR) is 145 cm³/mol. The Balaban J connectivity index is 1.61. The minimum absolute atomic E-state index is 0.00838. The van der Waals surface area contributed by atoms with E-state index in [1.807, 2.05) is 22.7 Å². The van der Waals surface area contributed by atoms with E-state index < -0.39 is 5.97 Å².